The number of rotatable bonds is 7. The maximum atomic E-state index is 12.5. The molecule has 0 amide bonds. The van der Waals surface area contributed by atoms with Crippen LogP contribution in [-0.2, 0) is 6.42 Å². The van der Waals surface area contributed by atoms with Gasteiger partial charge in [0.2, 0.25) is 0 Å². The molecule has 21 heavy (non-hydrogen) atoms. The van der Waals surface area contributed by atoms with Gasteiger partial charge in [-0.05, 0) is 37.5 Å². The van der Waals surface area contributed by atoms with Gasteiger partial charge in [0.15, 0.2) is 0 Å². The van der Waals surface area contributed by atoms with Crippen molar-refractivity contribution in [2.24, 2.45) is 0 Å². The summed E-state index contributed by atoms with van der Waals surface area (Å²) in [5.41, 5.74) is 2.07. The van der Waals surface area contributed by atoms with E-state index in [1.54, 1.807) is 12.1 Å². The Hall–Kier alpha value is -1.55. The Kier molecular flexibility index (Phi) is 6.05. The van der Waals surface area contributed by atoms with Crippen LogP contribution in [0.5, 0.6) is 0 Å². The Labute approximate surface area is 128 Å². The second-order valence-electron chi connectivity index (χ2n) is 4.94. The van der Waals surface area contributed by atoms with Crippen LogP contribution in [0.3, 0.4) is 0 Å². The molecular formula is C17H19F2NS. The van der Waals surface area contributed by atoms with Gasteiger partial charge < -0.3 is 5.32 Å². The van der Waals surface area contributed by atoms with Gasteiger partial charge in [0.25, 0.3) is 5.76 Å². The van der Waals surface area contributed by atoms with Crippen LogP contribution in [0.2, 0.25) is 0 Å². The molecule has 2 rings (SSSR count). The Morgan fingerprint density at radius 3 is 2.38 bits per heavy atom. The van der Waals surface area contributed by atoms with Crippen LogP contribution in [0.25, 0.3) is 0 Å². The Bertz CT molecular complexity index is 545. The molecular weight excluding hydrogens is 288 g/mol. The van der Waals surface area contributed by atoms with Gasteiger partial charge in [-0.2, -0.15) is 8.78 Å². The average Bonchev–Trinajstić information content (AvgIpc) is 2.48. The summed E-state index contributed by atoms with van der Waals surface area (Å²) in [5.74, 6) is -2.40. The summed E-state index contributed by atoms with van der Waals surface area (Å²) in [6.07, 6.45) is 1.93. The minimum absolute atomic E-state index is 0.227. The van der Waals surface area contributed by atoms with Crippen molar-refractivity contribution in [2.45, 2.75) is 36.5 Å². The van der Waals surface area contributed by atoms with Crippen molar-refractivity contribution in [3.8, 4) is 0 Å². The van der Waals surface area contributed by atoms with E-state index >= 15 is 0 Å². The molecule has 0 radical (unpaired) electrons. The highest BCUT2D eigenvalue weighted by atomic mass is 32.2. The second kappa shape index (κ2) is 8.03. The molecule has 1 atom stereocenters. The van der Waals surface area contributed by atoms with Crippen LogP contribution in [0.15, 0.2) is 59.5 Å². The van der Waals surface area contributed by atoms with Gasteiger partial charge in [0.05, 0.1) is 0 Å². The van der Waals surface area contributed by atoms with Crippen molar-refractivity contribution in [3.05, 3.63) is 60.2 Å². The van der Waals surface area contributed by atoms with E-state index in [9.17, 15) is 8.78 Å². The molecule has 0 aliphatic carbocycles. The third-order valence-electron chi connectivity index (χ3n) is 3.21. The Morgan fingerprint density at radius 1 is 1.00 bits per heavy atom. The average molecular weight is 307 g/mol. The fourth-order valence-electron chi connectivity index (χ4n) is 2.15. The summed E-state index contributed by atoms with van der Waals surface area (Å²) in [4.78, 5) is 0.596. The first-order chi connectivity index (χ1) is 10.1. The van der Waals surface area contributed by atoms with E-state index in [1.165, 1.54) is 5.56 Å². The molecule has 0 fully saturated rings. The molecule has 0 spiro atoms. The SMILES string of the molecule is CC(CCc1ccccc1)Nc1ccccc1SC(F)F. The highest BCUT2D eigenvalue weighted by molar-refractivity contribution is 7.99. The van der Waals surface area contributed by atoms with Crippen molar-refractivity contribution in [1.82, 2.24) is 0 Å². The lowest BCUT2D eigenvalue weighted by molar-refractivity contribution is 0.252. The first-order valence-corrected chi connectivity index (χ1v) is 7.87. The van der Waals surface area contributed by atoms with E-state index in [0.29, 0.717) is 16.7 Å². The van der Waals surface area contributed by atoms with Crippen LogP contribution < -0.4 is 5.32 Å². The summed E-state index contributed by atoms with van der Waals surface area (Å²) >= 11 is 0.586. The van der Waals surface area contributed by atoms with Gasteiger partial charge in [-0.25, -0.2) is 0 Å². The molecule has 2 aromatic rings. The number of para-hydroxylation sites is 1. The van der Waals surface area contributed by atoms with Crippen molar-refractivity contribution < 1.29 is 8.78 Å². The fraction of sp³-hybridized carbons (Fsp3) is 0.294. The normalized spacial score (nSPS) is 12.4. The first kappa shape index (κ1) is 15.8. The molecule has 0 aliphatic heterocycles. The standard InChI is InChI=1S/C17H19F2NS/c1-13(11-12-14-7-3-2-4-8-14)20-15-9-5-6-10-16(15)21-17(18)19/h2-10,13,17,20H,11-12H2,1H3. The van der Waals surface area contributed by atoms with Crippen LogP contribution in [0.1, 0.15) is 18.9 Å². The van der Waals surface area contributed by atoms with Gasteiger partial charge in [0, 0.05) is 16.6 Å². The number of nitrogens with one attached hydrogen (secondary N) is 1. The molecule has 0 bridgehead atoms. The number of anilines is 1. The molecule has 2 aromatic carbocycles. The highest BCUT2D eigenvalue weighted by Crippen LogP contribution is 2.32. The zero-order chi connectivity index (χ0) is 15.1. The van der Waals surface area contributed by atoms with E-state index in [1.807, 2.05) is 30.3 Å². The van der Waals surface area contributed by atoms with Crippen molar-refractivity contribution in [2.75, 3.05) is 5.32 Å². The van der Waals surface area contributed by atoms with Crippen molar-refractivity contribution in [3.63, 3.8) is 0 Å². The summed E-state index contributed by atoms with van der Waals surface area (Å²) < 4.78 is 25.1. The number of thioether (sulfide) groups is 1. The van der Waals surface area contributed by atoms with E-state index < -0.39 is 5.76 Å². The monoisotopic (exact) mass is 307 g/mol. The molecule has 1 unspecified atom stereocenters. The summed E-state index contributed by atoms with van der Waals surface area (Å²) in [6, 6.07) is 17.7. The smallest absolute Gasteiger partial charge is 0.288 e. The lowest BCUT2D eigenvalue weighted by atomic mass is 10.1. The lowest BCUT2D eigenvalue weighted by Crippen LogP contribution is -2.16. The zero-order valence-electron chi connectivity index (χ0n) is 11.9. The maximum Gasteiger partial charge on any atom is 0.288 e. The van der Waals surface area contributed by atoms with Crippen LogP contribution in [-0.4, -0.2) is 11.8 Å². The minimum Gasteiger partial charge on any atom is -0.382 e. The van der Waals surface area contributed by atoms with Crippen molar-refractivity contribution >= 4 is 17.4 Å². The number of alkyl halides is 2. The molecule has 0 heterocycles. The summed E-state index contributed by atoms with van der Waals surface area (Å²) in [5, 5.41) is 3.33. The molecule has 4 heteroatoms. The molecule has 0 saturated carbocycles. The van der Waals surface area contributed by atoms with Gasteiger partial charge >= 0.3 is 0 Å². The van der Waals surface area contributed by atoms with Crippen LogP contribution in [0.4, 0.5) is 14.5 Å². The minimum atomic E-state index is -2.40. The Morgan fingerprint density at radius 2 is 1.67 bits per heavy atom. The van der Waals surface area contributed by atoms with Gasteiger partial charge in [-0.3, -0.25) is 0 Å². The zero-order valence-corrected chi connectivity index (χ0v) is 12.7. The molecule has 0 aromatic heterocycles. The molecule has 1 N–H and O–H groups in total. The molecule has 0 aliphatic rings. The summed E-state index contributed by atoms with van der Waals surface area (Å²) in [6.45, 7) is 2.08. The molecule has 112 valence electrons. The third-order valence-corrected chi connectivity index (χ3v) is 4.00. The van der Waals surface area contributed by atoms with Gasteiger partial charge in [-0.15, -0.1) is 0 Å². The molecule has 0 saturated heterocycles. The van der Waals surface area contributed by atoms with E-state index in [0.717, 1.165) is 18.5 Å². The van der Waals surface area contributed by atoms with E-state index in [2.05, 4.69) is 24.4 Å². The first-order valence-electron chi connectivity index (χ1n) is 6.99. The topological polar surface area (TPSA) is 12.0 Å². The number of halogens is 2. The summed E-state index contributed by atoms with van der Waals surface area (Å²) in [7, 11) is 0. The number of benzene rings is 2. The number of aryl methyl sites for hydroxylation is 1. The Balaban J connectivity index is 1.92. The van der Waals surface area contributed by atoms with E-state index in [-0.39, 0.29) is 6.04 Å². The third kappa shape index (κ3) is 5.38. The quantitative estimate of drug-likeness (QED) is 0.684. The van der Waals surface area contributed by atoms with Gasteiger partial charge in [0.1, 0.15) is 0 Å². The predicted molar refractivity (Wildman–Crippen MR) is 86.2 cm³/mol. The van der Waals surface area contributed by atoms with Crippen LogP contribution in [0, 0.1) is 0 Å². The largest absolute Gasteiger partial charge is 0.382 e. The fourth-order valence-corrected chi connectivity index (χ4v) is 2.75. The van der Waals surface area contributed by atoms with Crippen LogP contribution >= 0.6 is 11.8 Å². The molecule has 1 nitrogen and oxygen atoms in total. The second-order valence-corrected chi connectivity index (χ2v) is 5.98. The highest BCUT2D eigenvalue weighted by Gasteiger charge is 2.11. The maximum absolute atomic E-state index is 12.5. The lowest BCUT2D eigenvalue weighted by Gasteiger charge is -2.17. The number of hydrogen-bond acceptors (Lipinski definition) is 2. The van der Waals surface area contributed by atoms with Gasteiger partial charge in [-0.1, -0.05) is 54.2 Å². The van der Waals surface area contributed by atoms with Crippen molar-refractivity contribution in [1.29, 1.82) is 0 Å². The number of hydrogen-bond donors (Lipinski definition) is 1. The predicted octanol–water partition coefficient (Wildman–Crippen LogP) is 5.43. The van der Waals surface area contributed by atoms with E-state index in [4.69, 9.17) is 0 Å².